The molecular formula is C12H15F3N2O2S. The second-order valence-corrected chi connectivity index (χ2v) is 5.72. The van der Waals surface area contributed by atoms with E-state index < -0.39 is 24.0 Å². The number of rotatable bonds is 5. The van der Waals surface area contributed by atoms with Crippen LogP contribution in [0.5, 0.6) is 0 Å². The zero-order valence-electron chi connectivity index (χ0n) is 11.3. The van der Waals surface area contributed by atoms with Gasteiger partial charge in [-0.25, -0.2) is 0 Å². The molecule has 1 atom stereocenters. The van der Waals surface area contributed by atoms with Crippen molar-refractivity contribution in [1.29, 1.82) is 0 Å². The zero-order valence-corrected chi connectivity index (χ0v) is 12.1. The summed E-state index contributed by atoms with van der Waals surface area (Å²) in [6, 6.07) is 1.61. The van der Waals surface area contributed by atoms with E-state index in [2.05, 4.69) is 15.0 Å². The Bertz CT molecular complexity index is 492. The minimum absolute atomic E-state index is 0.246. The van der Waals surface area contributed by atoms with Crippen LogP contribution >= 0.6 is 0 Å². The first kappa shape index (κ1) is 16.8. The minimum Gasteiger partial charge on any atom is -0.611 e. The molecule has 0 bridgehead atoms. The lowest BCUT2D eigenvalue weighted by Crippen LogP contribution is -2.15. The summed E-state index contributed by atoms with van der Waals surface area (Å²) in [4.78, 5) is 8.86. The Morgan fingerprint density at radius 3 is 2.70 bits per heavy atom. The molecule has 0 fully saturated rings. The smallest absolute Gasteiger partial charge is 0.425 e. The summed E-state index contributed by atoms with van der Waals surface area (Å²) in [5, 5.41) is 3.39. The summed E-state index contributed by atoms with van der Waals surface area (Å²) in [6.07, 6.45) is -2.97. The number of oxime groups is 1. The number of hydrogen-bond donors (Lipinski definition) is 0. The second-order valence-electron chi connectivity index (χ2n) is 4.01. The van der Waals surface area contributed by atoms with Gasteiger partial charge in [0.25, 0.3) is 0 Å². The van der Waals surface area contributed by atoms with Crippen molar-refractivity contribution in [1.82, 2.24) is 4.98 Å². The van der Waals surface area contributed by atoms with Crippen molar-refractivity contribution < 1.29 is 22.6 Å². The summed E-state index contributed by atoms with van der Waals surface area (Å²) < 4.78 is 47.6. The lowest BCUT2D eigenvalue weighted by Gasteiger charge is -2.11. The summed E-state index contributed by atoms with van der Waals surface area (Å²) in [7, 11) is 0. The number of nitrogens with zero attached hydrogens (tertiary/aromatic N) is 2. The first-order valence-corrected chi connectivity index (χ1v) is 7.15. The Labute approximate surface area is 118 Å². The molecule has 0 aliphatic rings. The van der Waals surface area contributed by atoms with E-state index >= 15 is 0 Å². The lowest BCUT2D eigenvalue weighted by molar-refractivity contribution is -0.173. The lowest BCUT2D eigenvalue weighted by atomic mass is 10.2. The molecule has 112 valence electrons. The first-order valence-electron chi connectivity index (χ1n) is 5.83. The SMILES string of the molecule is CC[S+]([O-])c1cc(/C(C)=N/OCC(F)(F)F)cnc1C. The van der Waals surface area contributed by atoms with Gasteiger partial charge < -0.3 is 9.39 Å². The van der Waals surface area contributed by atoms with Gasteiger partial charge in [0.2, 0.25) is 6.61 Å². The van der Waals surface area contributed by atoms with Crippen LogP contribution in [0.15, 0.2) is 22.3 Å². The Hall–Kier alpha value is -1.28. The van der Waals surface area contributed by atoms with E-state index in [1.54, 1.807) is 19.9 Å². The minimum atomic E-state index is -4.43. The average molecular weight is 308 g/mol. The normalized spacial score (nSPS) is 14.2. The summed E-state index contributed by atoms with van der Waals surface area (Å²) in [6.45, 7) is 3.55. The molecule has 0 N–H and O–H groups in total. The van der Waals surface area contributed by atoms with E-state index in [9.17, 15) is 17.7 Å². The van der Waals surface area contributed by atoms with Crippen molar-refractivity contribution in [2.45, 2.75) is 31.8 Å². The largest absolute Gasteiger partial charge is 0.611 e. The number of alkyl halides is 3. The summed E-state index contributed by atoms with van der Waals surface area (Å²) >= 11 is -1.19. The van der Waals surface area contributed by atoms with Crippen LogP contribution in [0.25, 0.3) is 0 Å². The van der Waals surface area contributed by atoms with Crippen LogP contribution in [0.4, 0.5) is 13.2 Å². The van der Waals surface area contributed by atoms with Crippen LogP contribution in [0.1, 0.15) is 25.1 Å². The molecule has 0 aliphatic heterocycles. The summed E-state index contributed by atoms with van der Waals surface area (Å²) in [5.41, 5.74) is 1.35. The molecule has 0 aliphatic carbocycles. The van der Waals surface area contributed by atoms with Crippen LogP contribution in [0.2, 0.25) is 0 Å². The van der Waals surface area contributed by atoms with Gasteiger partial charge in [-0.3, -0.25) is 4.98 Å². The average Bonchev–Trinajstić information content (AvgIpc) is 2.36. The topological polar surface area (TPSA) is 57.5 Å². The maximum Gasteiger partial charge on any atom is 0.425 e. The van der Waals surface area contributed by atoms with Gasteiger partial charge in [-0.1, -0.05) is 5.16 Å². The molecule has 1 aromatic rings. The van der Waals surface area contributed by atoms with Gasteiger partial charge in [0.05, 0.1) is 11.4 Å². The molecular weight excluding hydrogens is 293 g/mol. The fourth-order valence-corrected chi connectivity index (χ4v) is 2.30. The molecule has 0 saturated heterocycles. The van der Waals surface area contributed by atoms with E-state index in [1.807, 2.05) is 0 Å². The Morgan fingerprint density at radius 1 is 1.50 bits per heavy atom. The number of halogens is 3. The van der Waals surface area contributed by atoms with Crippen molar-refractivity contribution in [3.05, 3.63) is 23.5 Å². The third-order valence-corrected chi connectivity index (χ3v) is 3.82. The Kier molecular flexibility index (Phi) is 5.82. The van der Waals surface area contributed by atoms with Crippen LogP contribution in [0.3, 0.4) is 0 Å². The highest BCUT2D eigenvalue weighted by Crippen LogP contribution is 2.18. The number of hydrogen-bond acceptors (Lipinski definition) is 4. The highest BCUT2D eigenvalue weighted by atomic mass is 32.2. The quantitative estimate of drug-likeness (QED) is 0.477. The molecule has 4 nitrogen and oxygen atoms in total. The van der Waals surface area contributed by atoms with Gasteiger partial charge in [-0.05, 0) is 31.9 Å². The van der Waals surface area contributed by atoms with Gasteiger partial charge in [-0.2, -0.15) is 13.2 Å². The van der Waals surface area contributed by atoms with E-state index in [4.69, 9.17) is 0 Å². The van der Waals surface area contributed by atoms with Gasteiger partial charge in [0.1, 0.15) is 5.75 Å². The monoisotopic (exact) mass is 308 g/mol. The molecule has 0 radical (unpaired) electrons. The predicted molar refractivity (Wildman–Crippen MR) is 70.1 cm³/mol. The molecule has 1 rings (SSSR count). The van der Waals surface area contributed by atoms with E-state index in [0.717, 1.165) is 0 Å². The Balaban J connectivity index is 2.88. The van der Waals surface area contributed by atoms with Crippen molar-refractivity contribution in [3.63, 3.8) is 0 Å². The molecule has 0 aromatic carbocycles. The van der Waals surface area contributed by atoms with Crippen LogP contribution in [-0.4, -0.2) is 33.8 Å². The van der Waals surface area contributed by atoms with Gasteiger partial charge >= 0.3 is 6.18 Å². The zero-order chi connectivity index (χ0) is 15.3. The molecule has 0 amide bonds. The molecule has 1 heterocycles. The standard InChI is InChI=1S/C12H15F3N2O2S/c1-4-20(18)11-5-10(6-16-9(11)3)8(2)17-19-7-12(13,14)15/h5-6H,4,7H2,1-3H3/b17-8+. The third-order valence-electron chi connectivity index (χ3n) is 2.40. The van der Waals surface area contributed by atoms with Crippen molar-refractivity contribution in [3.8, 4) is 0 Å². The molecule has 0 spiro atoms. The number of aryl methyl sites for hydroxylation is 1. The van der Waals surface area contributed by atoms with Crippen LogP contribution < -0.4 is 0 Å². The second kappa shape index (κ2) is 6.94. The van der Waals surface area contributed by atoms with E-state index in [0.29, 0.717) is 21.9 Å². The van der Waals surface area contributed by atoms with Crippen LogP contribution in [0, 0.1) is 6.92 Å². The molecule has 1 aromatic heterocycles. The van der Waals surface area contributed by atoms with E-state index in [1.165, 1.54) is 13.1 Å². The number of pyridine rings is 1. The van der Waals surface area contributed by atoms with Crippen molar-refractivity contribution >= 4 is 16.9 Å². The fraction of sp³-hybridized carbons (Fsp3) is 0.500. The highest BCUT2D eigenvalue weighted by Gasteiger charge is 2.28. The summed E-state index contributed by atoms with van der Waals surface area (Å²) in [5.74, 6) is 0.437. The fourth-order valence-electron chi connectivity index (χ4n) is 1.35. The van der Waals surface area contributed by atoms with Gasteiger partial charge in [0.15, 0.2) is 4.90 Å². The Morgan fingerprint density at radius 2 is 2.15 bits per heavy atom. The van der Waals surface area contributed by atoms with Gasteiger partial charge in [0, 0.05) is 17.8 Å². The predicted octanol–water partition coefficient (Wildman–Crippen LogP) is 2.82. The molecule has 1 unspecified atom stereocenters. The number of aromatic nitrogens is 1. The van der Waals surface area contributed by atoms with Crippen molar-refractivity contribution in [2.24, 2.45) is 5.16 Å². The molecule has 8 heteroatoms. The maximum absolute atomic E-state index is 11.9. The van der Waals surface area contributed by atoms with Crippen LogP contribution in [-0.2, 0) is 16.0 Å². The molecule has 20 heavy (non-hydrogen) atoms. The maximum atomic E-state index is 11.9. The van der Waals surface area contributed by atoms with E-state index in [-0.39, 0.29) is 5.71 Å². The third kappa shape index (κ3) is 5.01. The first-order chi connectivity index (χ1) is 9.24. The van der Waals surface area contributed by atoms with Crippen molar-refractivity contribution in [2.75, 3.05) is 12.4 Å². The van der Waals surface area contributed by atoms with Gasteiger partial charge in [-0.15, -0.1) is 0 Å². The highest BCUT2D eigenvalue weighted by molar-refractivity contribution is 7.91. The molecule has 0 saturated carbocycles.